The third-order valence-electron chi connectivity index (χ3n) is 3.51. The number of hydrogen-bond donors (Lipinski definition) is 2. The summed E-state index contributed by atoms with van der Waals surface area (Å²) in [6.45, 7) is 0. The van der Waals surface area contributed by atoms with Gasteiger partial charge in [-0.05, 0) is 45.8 Å². The minimum absolute atomic E-state index is 0.0386. The standard InChI is InChI=1S/C16H15BrN2O2/c1-21-15-7-6-11(9-12(15)17)18-16(20)14-8-10-4-2-3-5-13(10)19-14/h2-7,9,14,19H,8H2,1H3,(H,18,20). The number of hydrogen-bond acceptors (Lipinski definition) is 3. The van der Waals surface area contributed by atoms with Crippen molar-refractivity contribution in [3.05, 3.63) is 52.5 Å². The van der Waals surface area contributed by atoms with Crippen LogP contribution in [-0.4, -0.2) is 19.1 Å². The lowest BCUT2D eigenvalue weighted by atomic mass is 10.1. The molecule has 0 radical (unpaired) electrons. The van der Waals surface area contributed by atoms with Gasteiger partial charge >= 0.3 is 0 Å². The molecule has 108 valence electrons. The Balaban J connectivity index is 1.69. The van der Waals surface area contributed by atoms with Crippen LogP contribution in [0, 0.1) is 0 Å². The molecule has 0 fully saturated rings. The fourth-order valence-electron chi connectivity index (χ4n) is 2.43. The molecule has 1 atom stereocenters. The number of fused-ring (bicyclic) bond motifs is 1. The number of rotatable bonds is 3. The van der Waals surface area contributed by atoms with Crippen LogP contribution >= 0.6 is 15.9 Å². The van der Waals surface area contributed by atoms with Crippen molar-refractivity contribution in [2.75, 3.05) is 17.7 Å². The Kier molecular flexibility index (Phi) is 3.84. The topological polar surface area (TPSA) is 50.4 Å². The summed E-state index contributed by atoms with van der Waals surface area (Å²) < 4.78 is 5.99. The number of para-hydroxylation sites is 1. The highest BCUT2D eigenvalue weighted by Gasteiger charge is 2.26. The van der Waals surface area contributed by atoms with Crippen LogP contribution in [0.3, 0.4) is 0 Å². The zero-order chi connectivity index (χ0) is 14.8. The Labute approximate surface area is 131 Å². The van der Waals surface area contributed by atoms with E-state index in [2.05, 4.69) is 26.6 Å². The molecular weight excluding hydrogens is 332 g/mol. The van der Waals surface area contributed by atoms with Gasteiger partial charge in [-0.15, -0.1) is 0 Å². The summed E-state index contributed by atoms with van der Waals surface area (Å²) in [5.41, 5.74) is 2.95. The monoisotopic (exact) mass is 346 g/mol. The fraction of sp³-hybridized carbons (Fsp3) is 0.188. The lowest BCUT2D eigenvalue weighted by Crippen LogP contribution is -2.32. The van der Waals surface area contributed by atoms with Crippen molar-refractivity contribution in [2.45, 2.75) is 12.5 Å². The molecule has 2 aromatic carbocycles. The molecule has 0 aromatic heterocycles. The second kappa shape index (κ2) is 5.77. The number of benzene rings is 2. The highest BCUT2D eigenvalue weighted by molar-refractivity contribution is 9.10. The van der Waals surface area contributed by atoms with Crippen LogP contribution in [-0.2, 0) is 11.2 Å². The van der Waals surface area contributed by atoms with Gasteiger partial charge in [-0.3, -0.25) is 4.79 Å². The molecule has 1 unspecified atom stereocenters. The molecule has 1 amide bonds. The molecule has 1 heterocycles. The summed E-state index contributed by atoms with van der Waals surface area (Å²) in [7, 11) is 1.61. The summed E-state index contributed by atoms with van der Waals surface area (Å²) in [5, 5.41) is 6.17. The molecule has 0 spiro atoms. The first-order valence-corrected chi connectivity index (χ1v) is 7.45. The van der Waals surface area contributed by atoms with Gasteiger partial charge in [0, 0.05) is 17.8 Å². The van der Waals surface area contributed by atoms with Crippen molar-refractivity contribution in [1.82, 2.24) is 0 Å². The maximum Gasteiger partial charge on any atom is 0.247 e. The average molecular weight is 347 g/mol. The summed E-state index contributed by atoms with van der Waals surface area (Å²) in [5.74, 6) is 0.697. The highest BCUT2D eigenvalue weighted by atomic mass is 79.9. The SMILES string of the molecule is COc1ccc(NC(=O)C2Cc3ccccc3N2)cc1Br. The van der Waals surface area contributed by atoms with E-state index in [0.29, 0.717) is 6.42 Å². The van der Waals surface area contributed by atoms with Gasteiger partial charge in [-0.25, -0.2) is 0 Å². The number of nitrogens with one attached hydrogen (secondary N) is 2. The van der Waals surface area contributed by atoms with Crippen LogP contribution in [0.4, 0.5) is 11.4 Å². The number of amides is 1. The van der Waals surface area contributed by atoms with Crippen LogP contribution in [0.2, 0.25) is 0 Å². The van der Waals surface area contributed by atoms with Crippen molar-refractivity contribution in [3.8, 4) is 5.75 Å². The van der Waals surface area contributed by atoms with Crippen LogP contribution in [0.25, 0.3) is 0 Å². The molecule has 3 rings (SSSR count). The van der Waals surface area contributed by atoms with Gasteiger partial charge in [0.1, 0.15) is 11.8 Å². The van der Waals surface area contributed by atoms with Gasteiger partial charge in [0.15, 0.2) is 0 Å². The van der Waals surface area contributed by atoms with Gasteiger partial charge in [-0.2, -0.15) is 0 Å². The Hall–Kier alpha value is -2.01. The van der Waals surface area contributed by atoms with Gasteiger partial charge in [0.2, 0.25) is 5.91 Å². The van der Waals surface area contributed by atoms with E-state index in [4.69, 9.17) is 4.74 Å². The van der Waals surface area contributed by atoms with E-state index in [1.54, 1.807) is 7.11 Å². The normalized spacial score (nSPS) is 16.0. The third kappa shape index (κ3) is 2.88. The van der Waals surface area contributed by atoms with Gasteiger partial charge < -0.3 is 15.4 Å². The van der Waals surface area contributed by atoms with Crippen molar-refractivity contribution in [2.24, 2.45) is 0 Å². The zero-order valence-corrected chi connectivity index (χ0v) is 13.1. The van der Waals surface area contributed by atoms with Gasteiger partial charge in [0.05, 0.1) is 11.6 Å². The van der Waals surface area contributed by atoms with E-state index in [0.717, 1.165) is 21.6 Å². The van der Waals surface area contributed by atoms with Crippen molar-refractivity contribution >= 4 is 33.2 Å². The molecule has 0 saturated heterocycles. The molecule has 4 nitrogen and oxygen atoms in total. The average Bonchev–Trinajstić information content (AvgIpc) is 2.91. The predicted octanol–water partition coefficient (Wildman–Crippen LogP) is 3.43. The summed E-state index contributed by atoms with van der Waals surface area (Å²) in [4.78, 5) is 12.3. The maximum atomic E-state index is 12.3. The van der Waals surface area contributed by atoms with Crippen LogP contribution in [0.5, 0.6) is 5.75 Å². The van der Waals surface area contributed by atoms with E-state index >= 15 is 0 Å². The summed E-state index contributed by atoms with van der Waals surface area (Å²) in [6.07, 6.45) is 0.708. The minimum Gasteiger partial charge on any atom is -0.496 e. The first-order chi connectivity index (χ1) is 10.2. The van der Waals surface area contributed by atoms with Crippen LogP contribution in [0.15, 0.2) is 46.9 Å². The van der Waals surface area contributed by atoms with E-state index in [9.17, 15) is 4.79 Å². The Morgan fingerprint density at radius 1 is 1.33 bits per heavy atom. The Morgan fingerprint density at radius 3 is 2.86 bits per heavy atom. The first kappa shape index (κ1) is 13.9. The molecule has 0 saturated carbocycles. The molecule has 0 bridgehead atoms. The van der Waals surface area contributed by atoms with Crippen molar-refractivity contribution < 1.29 is 9.53 Å². The molecule has 1 aliphatic rings. The van der Waals surface area contributed by atoms with E-state index in [1.807, 2.05) is 42.5 Å². The summed E-state index contributed by atoms with van der Waals surface area (Å²) >= 11 is 3.41. The molecule has 5 heteroatoms. The number of carbonyl (C=O) groups is 1. The maximum absolute atomic E-state index is 12.3. The Bertz CT molecular complexity index is 663. The van der Waals surface area contributed by atoms with Crippen LogP contribution in [0.1, 0.15) is 5.56 Å². The largest absolute Gasteiger partial charge is 0.496 e. The van der Waals surface area contributed by atoms with Crippen molar-refractivity contribution in [3.63, 3.8) is 0 Å². The molecule has 2 aromatic rings. The zero-order valence-electron chi connectivity index (χ0n) is 11.5. The second-order valence-electron chi connectivity index (χ2n) is 4.90. The third-order valence-corrected chi connectivity index (χ3v) is 4.13. The highest BCUT2D eigenvalue weighted by Crippen LogP contribution is 2.29. The first-order valence-electron chi connectivity index (χ1n) is 6.66. The minimum atomic E-state index is -0.233. The lowest BCUT2D eigenvalue weighted by Gasteiger charge is -2.13. The van der Waals surface area contributed by atoms with Gasteiger partial charge in [0.25, 0.3) is 0 Å². The van der Waals surface area contributed by atoms with E-state index in [-0.39, 0.29) is 11.9 Å². The quantitative estimate of drug-likeness (QED) is 0.894. The van der Waals surface area contributed by atoms with Crippen LogP contribution < -0.4 is 15.4 Å². The molecule has 1 aliphatic heterocycles. The van der Waals surface area contributed by atoms with Crippen molar-refractivity contribution in [1.29, 1.82) is 0 Å². The number of methoxy groups -OCH3 is 1. The summed E-state index contributed by atoms with van der Waals surface area (Å²) in [6, 6.07) is 13.2. The van der Waals surface area contributed by atoms with E-state index < -0.39 is 0 Å². The predicted molar refractivity (Wildman–Crippen MR) is 86.9 cm³/mol. The molecular formula is C16H15BrN2O2. The smallest absolute Gasteiger partial charge is 0.247 e. The Morgan fingerprint density at radius 2 is 2.14 bits per heavy atom. The number of anilines is 2. The number of ether oxygens (including phenoxy) is 1. The number of halogens is 1. The van der Waals surface area contributed by atoms with E-state index in [1.165, 1.54) is 5.56 Å². The molecule has 2 N–H and O–H groups in total. The lowest BCUT2D eigenvalue weighted by molar-refractivity contribution is -0.116. The second-order valence-corrected chi connectivity index (χ2v) is 5.75. The molecule has 21 heavy (non-hydrogen) atoms. The fourth-order valence-corrected chi connectivity index (χ4v) is 2.97. The molecule has 0 aliphatic carbocycles. The number of carbonyl (C=O) groups excluding carboxylic acids is 1. The van der Waals surface area contributed by atoms with Gasteiger partial charge in [-0.1, -0.05) is 18.2 Å².